The molecule has 2 aromatic carbocycles. The second kappa shape index (κ2) is 5.27. The average Bonchev–Trinajstić information content (AvgIpc) is 2.32. The summed E-state index contributed by atoms with van der Waals surface area (Å²) in [7, 11) is 1.84. The van der Waals surface area contributed by atoms with Gasteiger partial charge in [-0.25, -0.2) is 4.39 Å². The van der Waals surface area contributed by atoms with Crippen LogP contribution in [0, 0.1) is 5.82 Å². The Morgan fingerprint density at radius 1 is 1.17 bits per heavy atom. The number of hydrogen-bond acceptors (Lipinski definition) is 2. The maximum Gasteiger partial charge on any atom is 0.128 e. The number of halogens is 2. The first kappa shape index (κ1) is 12.7. The molecular weight excluding hydrogens is 251 g/mol. The summed E-state index contributed by atoms with van der Waals surface area (Å²) in [6.07, 6.45) is 0. The lowest BCUT2D eigenvalue weighted by Crippen LogP contribution is -2.19. The molecule has 0 spiro atoms. The number of nitrogens with two attached hydrogens (primary N) is 1. The van der Waals surface area contributed by atoms with E-state index in [9.17, 15) is 4.39 Å². The van der Waals surface area contributed by atoms with E-state index in [0.717, 1.165) is 5.69 Å². The fraction of sp³-hybridized carbons (Fsp3) is 0.143. The number of anilines is 2. The molecule has 2 rings (SSSR count). The molecule has 0 aliphatic heterocycles. The van der Waals surface area contributed by atoms with E-state index < -0.39 is 0 Å². The second-order valence-corrected chi connectivity index (χ2v) is 4.53. The zero-order chi connectivity index (χ0) is 13.1. The normalized spacial score (nSPS) is 10.4. The van der Waals surface area contributed by atoms with Crippen LogP contribution in [0.1, 0.15) is 5.56 Å². The van der Waals surface area contributed by atoms with Gasteiger partial charge in [0.15, 0.2) is 0 Å². The number of hydrogen-bond donors (Lipinski definition) is 1. The minimum absolute atomic E-state index is 0.227. The monoisotopic (exact) mass is 264 g/mol. The summed E-state index contributed by atoms with van der Waals surface area (Å²) in [5.41, 5.74) is 7.81. The number of rotatable bonds is 3. The van der Waals surface area contributed by atoms with Crippen LogP contribution >= 0.6 is 11.6 Å². The topological polar surface area (TPSA) is 29.3 Å². The first-order valence-electron chi connectivity index (χ1n) is 5.58. The number of benzene rings is 2. The van der Waals surface area contributed by atoms with Gasteiger partial charge in [0.25, 0.3) is 0 Å². The highest BCUT2D eigenvalue weighted by atomic mass is 35.5. The maximum absolute atomic E-state index is 13.6. The molecule has 0 amide bonds. The largest absolute Gasteiger partial charge is 0.397 e. The van der Waals surface area contributed by atoms with Crippen molar-refractivity contribution in [3.8, 4) is 0 Å². The minimum atomic E-state index is -0.227. The Balaban J connectivity index is 2.28. The van der Waals surface area contributed by atoms with Gasteiger partial charge in [-0.2, -0.15) is 0 Å². The summed E-state index contributed by atoms with van der Waals surface area (Å²) < 4.78 is 13.6. The van der Waals surface area contributed by atoms with Crippen LogP contribution in [0.2, 0.25) is 5.02 Å². The molecule has 0 fully saturated rings. The van der Waals surface area contributed by atoms with E-state index in [0.29, 0.717) is 22.8 Å². The van der Waals surface area contributed by atoms with Gasteiger partial charge in [0, 0.05) is 19.2 Å². The molecule has 0 aromatic heterocycles. The van der Waals surface area contributed by atoms with Crippen LogP contribution in [0.5, 0.6) is 0 Å². The molecule has 0 unspecified atom stereocenters. The lowest BCUT2D eigenvalue weighted by Gasteiger charge is -2.22. The number of para-hydroxylation sites is 1. The molecule has 0 heterocycles. The van der Waals surface area contributed by atoms with Crippen molar-refractivity contribution < 1.29 is 4.39 Å². The fourth-order valence-corrected chi connectivity index (χ4v) is 2.22. The van der Waals surface area contributed by atoms with E-state index in [-0.39, 0.29) is 5.82 Å². The van der Waals surface area contributed by atoms with Gasteiger partial charge in [0.2, 0.25) is 0 Å². The Hall–Kier alpha value is -1.74. The third-order valence-corrected chi connectivity index (χ3v) is 3.07. The van der Waals surface area contributed by atoms with Crippen LogP contribution in [-0.4, -0.2) is 7.05 Å². The molecule has 4 heteroatoms. The molecule has 94 valence electrons. The lowest BCUT2D eigenvalue weighted by atomic mass is 10.2. The second-order valence-electron chi connectivity index (χ2n) is 4.13. The third-order valence-electron chi connectivity index (χ3n) is 2.77. The van der Waals surface area contributed by atoms with Gasteiger partial charge in [0.05, 0.1) is 16.4 Å². The van der Waals surface area contributed by atoms with Crippen LogP contribution in [0.15, 0.2) is 42.5 Å². The minimum Gasteiger partial charge on any atom is -0.397 e. The summed E-state index contributed by atoms with van der Waals surface area (Å²) in [5, 5.41) is 0.564. The molecule has 0 radical (unpaired) electrons. The van der Waals surface area contributed by atoms with Crippen molar-refractivity contribution in [1.82, 2.24) is 0 Å². The Labute approximate surface area is 111 Å². The Morgan fingerprint density at radius 2 is 1.89 bits per heavy atom. The van der Waals surface area contributed by atoms with Crippen molar-refractivity contribution in [1.29, 1.82) is 0 Å². The Morgan fingerprint density at radius 3 is 2.56 bits per heavy atom. The van der Waals surface area contributed by atoms with E-state index in [2.05, 4.69) is 0 Å². The smallest absolute Gasteiger partial charge is 0.128 e. The zero-order valence-corrected chi connectivity index (χ0v) is 10.8. The first-order valence-corrected chi connectivity index (χ1v) is 5.96. The van der Waals surface area contributed by atoms with Gasteiger partial charge in [-0.3, -0.25) is 0 Å². The van der Waals surface area contributed by atoms with E-state index in [1.165, 1.54) is 6.07 Å². The predicted molar refractivity (Wildman–Crippen MR) is 74.4 cm³/mol. The molecular formula is C14H14ClFN2. The molecule has 2 aromatic rings. The van der Waals surface area contributed by atoms with E-state index in [1.54, 1.807) is 30.3 Å². The average molecular weight is 265 g/mol. The SMILES string of the molecule is CN(Cc1ccccc1F)c1c(N)cccc1Cl. The van der Waals surface area contributed by atoms with Crippen molar-refractivity contribution >= 4 is 23.0 Å². The molecule has 18 heavy (non-hydrogen) atoms. The maximum atomic E-state index is 13.6. The van der Waals surface area contributed by atoms with Crippen molar-refractivity contribution in [2.45, 2.75) is 6.54 Å². The van der Waals surface area contributed by atoms with Crippen LogP contribution < -0.4 is 10.6 Å². The number of nitrogen functional groups attached to an aromatic ring is 1. The van der Waals surface area contributed by atoms with Crippen molar-refractivity contribution in [2.24, 2.45) is 0 Å². The standard InChI is InChI=1S/C14H14ClFN2/c1-18(9-10-5-2-3-7-12(10)16)14-11(15)6-4-8-13(14)17/h2-8H,9,17H2,1H3. The van der Waals surface area contributed by atoms with E-state index in [1.807, 2.05) is 18.0 Å². The Kier molecular flexibility index (Phi) is 3.72. The molecule has 2 nitrogen and oxygen atoms in total. The van der Waals surface area contributed by atoms with Gasteiger partial charge in [-0.1, -0.05) is 35.9 Å². The van der Waals surface area contributed by atoms with Gasteiger partial charge in [-0.15, -0.1) is 0 Å². The first-order chi connectivity index (χ1) is 8.59. The summed E-state index contributed by atoms with van der Waals surface area (Å²) in [6, 6.07) is 12.0. The highest BCUT2D eigenvalue weighted by Crippen LogP contribution is 2.32. The third kappa shape index (κ3) is 2.57. The molecule has 0 saturated heterocycles. The summed E-state index contributed by atoms with van der Waals surface area (Å²) in [5.74, 6) is -0.227. The summed E-state index contributed by atoms with van der Waals surface area (Å²) in [4.78, 5) is 1.84. The van der Waals surface area contributed by atoms with Gasteiger partial charge in [0.1, 0.15) is 5.82 Å². The molecule has 2 N–H and O–H groups in total. The van der Waals surface area contributed by atoms with Crippen LogP contribution in [0.4, 0.5) is 15.8 Å². The fourth-order valence-electron chi connectivity index (χ4n) is 1.90. The van der Waals surface area contributed by atoms with E-state index in [4.69, 9.17) is 17.3 Å². The summed E-state index contributed by atoms with van der Waals surface area (Å²) in [6.45, 7) is 0.417. The molecule has 0 bridgehead atoms. The van der Waals surface area contributed by atoms with Gasteiger partial charge >= 0.3 is 0 Å². The zero-order valence-electron chi connectivity index (χ0n) is 10.0. The van der Waals surface area contributed by atoms with Crippen LogP contribution in [-0.2, 0) is 6.54 Å². The predicted octanol–water partition coefficient (Wildman–Crippen LogP) is 3.70. The highest BCUT2D eigenvalue weighted by molar-refractivity contribution is 6.33. The quantitative estimate of drug-likeness (QED) is 0.857. The molecule has 0 saturated carbocycles. The highest BCUT2D eigenvalue weighted by Gasteiger charge is 2.11. The van der Waals surface area contributed by atoms with Crippen molar-refractivity contribution in [3.63, 3.8) is 0 Å². The van der Waals surface area contributed by atoms with Gasteiger partial charge in [-0.05, 0) is 18.2 Å². The van der Waals surface area contributed by atoms with Crippen molar-refractivity contribution in [3.05, 3.63) is 58.9 Å². The summed E-state index contributed by atoms with van der Waals surface area (Å²) >= 11 is 6.11. The molecule has 0 aliphatic rings. The molecule has 0 atom stereocenters. The lowest BCUT2D eigenvalue weighted by molar-refractivity contribution is 0.608. The van der Waals surface area contributed by atoms with Gasteiger partial charge < -0.3 is 10.6 Å². The van der Waals surface area contributed by atoms with Crippen LogP contribution in [0.25, 0.3) is 0 Å². The number of nitrogens with zero attached hydrogens (tertiary/aromatic N) is 1. The van der Waals surface area contributed by atoms with Crippen LogP contribution in [0.3, 0.4) is 0 Å². The van der Waals surface area contributed by atoms with Crippen molar-refractivity contribution in [2.75, 3.05) is 17.7 Å². The Bertz CT molecular complexity index is 537. The van der Waals surface area contributed by atoms with E-state index >= 15 is 0 Å². The molecule has 0 aliphatic carbocycles.